The van der Waals surface area contributed by atoms with Crippen LogP contribution in [0.3, 0.4) is 0 Å². The summed E-state index contributed by atoms with van der Waals surface area (Å²) >= 11 is 0. The fourth-order valence-corrected chi connectivity index (χ4v) is 2.60. The van der Waals surface area contributed by atoms with E-state index < -0.39 is 5.91 Å². The minimum absolute atomic E-state index is 0.193. The van der Waals surface area contributed by atoms with E-state index in [2.05, 4.69) is 32.0 Å². The second-order valence-corrected chi connectivity index (χ2v) is 6.22. The van der Waals surface area contributed by atoms with Crippen molar-refractivity contribution >= 4 is 34.7 Å². The van der Waals surface area contributed by atoms with Crippen LogP contribution in [0.15, 0.2) is 54.6 Å². The third kappa shape index (κ3) is 5.37. The van der Waals surface area contributed by atoms with E-state index in [1.165, 1.54) is 13.0 Å². The highest BCUT2D eigenvalue weighted by Gasteiger charge is 2.12. The fourth-order valence-electron chi connectivity index (χ4n) is 2.60. The molecular formula is C21H18N6O2. The Labute approximate surface area is 167 Å². The average molecular weight is 386 g/mol. The van der Waals surface area contributed by atoms with E-state index in [-0.39, 0.29) is 11.6 Å². The minimum Gasteiger partial charge on any atom is -0.340 e. The number of aryl methyl sites for hydroxylation is 1. The molecule has 0 unspecified atom stereocenters. The van der Waals surface area contributed by atoms with Crippen LogP contribution in [0.4, 0.5) is 22.9 Å². The van der Waals surface area contributed by atoms with Gasteiger partial charge in [-0.25, -0.2) is 9.97 Å². The maximum atomic E-state index is 12.6. The van der Waals surface area contributed by atoms with Gasteiger partial charge in [-0.1, -0.05) is 6.07 Å². The van der Waals surface area contributed by atoms with Crippen molar-refractivity contribution in [2.24, 2.45) is 0 Å². The number of rotatable bonds is 5. The molecule has 0 saturated carbocycles. The Bertz CT molecular complexity index is 1100. The number of aromatic nitrogens is 2. The van der Waals surface area contributed by atoms with Crippen LogP contribution in [0.5, 0.6) is 0 Å². The van der Waals surface area contributed by atoms with E-state index in [9.17, 15) is 9.59 Å². The van der Waals surface area contributed by atoms with Gasteiger partial charge >= 0.3 is 0 Å². The smallest absolute Gasteiger partial charge is 0.274 e. The van der Waals surface area contributed by atoms with E-state index in [1.54, 1.807) is 55.5 Å². The van der Waals surface area contributed by atoms with E-state index in [4.69, 9.17) is 5.26 Å². The van der Waals surface area contributed by atoms with Gasteiger partial charge in [0.15, 0.2) is 0 Å². The molecule has 0 atom stereocenters. The second kappa shape index (κ2) is 8.63. The number of anilines is 4. The molecule has 0 aliphatic carbocycles. The van der Waals surface area contributed by atoms with E-state index in [0.29, 0.717) is 28.6 Å². The molecular weight excluding hydrogens is 368 g/mol. The van der Waals surface area contributed by atoms with Crippen LogP contribution in [0.2, 0.25) is 0 Å². The van der Waals surface area contributed by atoms with Crippen molar-refractivity contribution < 1.29 is 9.59 Å². The molecule has 144 valence electrons. The highest BCUT2D eigenvalue weighted by molar-refractivity contribution is 6.03. The summed E-state index contributed by atoms with van der Waals surface area (Å²) in [5, 5.41) is 17.4. The molecule has 0 fully saturated rings. The van der Waals surface area contributed by atoms with Crippen molar-refractivity contribution in [1.82, 2.24) is 9.97 Å². The molecule has 29 heavy (non-hydrogen) atoms. The van der Waals surface area contributed by atoms with Gasteiger partial charge in [-0.3, -0.25) is 9.59 Å². The zero-order chi connectivity index (χ0) is 20.8. The fraction of sp³-hybridized carbons (Fsp3) is 0.0952. The summed E-state index contributed by atoms with van der Waals surface area (Å²) in [6.45, 7) is 3.11. The van der Waals surface area contributed by atoms with E-state index in [1.807, 2.05) is 0 Å². The predicted molar refractivity (Wildman–Crippen MR) is 110 cm³/mol. The molecule has 3 aromatic rings. The number of benzene rings is 2. The SMILES string of the molecule is CC(=O)Nc1cccc(NC(=O)c2cc(Nc3ccc(C#N)cc3)nc(C)n2)c1. The topological polar surface area (TPSA) is 120 Å². The maximum Gasteiger partial charge on any atom is 0.274 e. The molecule has 2 aromatic carbocycles. The first-order chi connectivity index (χ1) is 13.9. The predicted octanol–water partition coefficient (Wildman–Crippen LogP) is 3.61. The lowest BCUT2D eigenvalue weighted by Crippen LogP contribution is -2.15. The number of nitriles is 1. The van der Waals surface area contributed by atoms with Gasteiger partial charge in [-0.2, -0.15) is 5.26 Å². The molecule has 0 saturated heterocycles. The molecule has 8 heteroatoms. The molecule has 1 aromatic heterocycles. The molecule has 0 radical (unpaired) electrons. The summed E-state index contributed by atoms with van der Waals surface area (Å²) in [5.41, 5.74) is 2.59. The van der Waals surface area contributed by atoms with Crippen molar-refractivity contribution in [2.45, 2.75) is 13.8 Å². The monoisotopic (exact) mass is 386 g/mol. The van der Waals surface area contributed by atoms with Gasteiger partial charge in [-0.05, 0) is 49.4 Å². The summed E-state index contributed by atoms with van der Waals surface area (Å²) in [4.78, 5) is 32.3. The van der Waals surface area contributed by atoms with Crippen LogP contribution in [0, 0.1) is 18.3 Å². The third-order valence-corrected chi connectivity index (χ3v) is 3.80. The van der Waals surface area contributed by atoms with Crippen molar-refractivity contribution in [3.63, 3.8) is 0 Å². The number of carbonyl (C=O) groups excluding carboxylic acids is 2. The molecule has 0 spiro atoms. The van der Waals surface area contributed by atoms with Crippen molar-refractivity contribution in [2.75, 3.05) is 16.0 Å². The van der Waals surface area contributed by atoms with Crippen LogP contribution >= 0.6 is 0 Å². The van der Waals surface area contributed by atoms with Gasteiger partial charge in [0.25, 0.3) is 5.91 Å². The van der Waals surface area contributed by atoms with Gasteiger partial charge < -0.3 is 16.0 Å². The van der Waals surface area contributed by atoms with Crippen LogP contribution in [0.25, 0.3) is 0 Å². The number of amides is 2. The lowest BCUT2D eigenvalue weighted by Gasteiger charge is -2.10. The first-order valence-electron chi connectivity index (χ1n) is 8.75. The van der Waals surface area contributed by atoms with Crippen molar-refractivity contribution in [1.29, 1.82) is 5.26 Å². The van der Waals surface area contributed by atoms with Gasteiger partial charge in [0, 0.05) is 30.1 Å². The number of hydrogen-bond acceptors (Lipinski definition) is 6. The molecule has 0 aliphatic rings. The number of hydrogen-bond donors (Lipinski definition) is 3. The second-order valence-electron chi connectivity index (χ2n) is 6.22. The Morgan fingerprint density at radius 1 is 0.931 bits per heavy atom. The number of nitrogens with one attached hydrogen (secondary N) is 3. The van der Waals surface area contributed by atoms with Crippen LogP contribution in [0.1, 0.15) is 28.8 Å². The Hall–Kier alpha value is -4.25. The lowest BCUT2D eigenvalue weighted by atomic mass is 10.2. The Morgan fingerprint density at radius 3 is 2.28 bits per heavy atom. The molecule has 2 amide bonds. The normalized spacial score (nSPS) is 9.97. The summed E-state index contributed by atoms with van der Waals surface area (Å²) < 4.78 is 0. The van der Waals surface area contributed by atoms with Crippen LogP contribution < -0.4 is 16.0 Å². The van der Waals surface area contributed by atoms with Crippen molar-refractivity contribution in [3.8, 4) is 6.07 Å². The highest BCUT2D eigenvalue weighted by Crippen LogP contribution is 2.18. The van der Waals surface area contributed by atoms with E-state index >= 15 is 0 Å². The molecule has 0 bridgehead atoms. The van der Waals surface area contributed by atoms with Gasteiger partial charge in [-0.15, -0.1) is 0 Å². The molecule has 8 nitrogen and oxygen atoms in total. The Balaban J connectivity index is 1.77. The first-order valence-corrected chi connectivity index (χ1v) is 8.75. The highest BCUT2D eigenvalue weighted by atomic mass is 16.2. The number of carbonyl (C=O) groups is 2. The molecule has 1 heterocycles. The van der Waals surface area contributed by atoms with Gasteiger partial charge in [0.05, 0.1) is 11.6 Å². The van der Waals surface area contributed by atoms with Gasteiger partial charge in [0.2, 0.25) is 5.91 Å². The standard InChI is InChI=1S/C21H18N6O2/c1-13-23-19(11-20(24-13)26-16-8-6-15(12-22)7-9-16)21(29)27-18-5-3-4-17(10-18)25-14(2)28/h3-11H,1-2H3,(H,25,28)(H,27,29)(H,23,24,26). The largest absolute Gasteiger partial charge is 0.340 e. The van der Waals surface area contributed by atoms with Crippen LogP contribution in [-0.4, -0.2) is 21.8 Å². The quantitative estimate of drug-likeness (QED) is 0.616. The summed E-state index contributed by atoms with van der Waals surface area (Å²) in [7, 11) is 0. The Kier molecular flexibility index (Phi) is 5.80. The first kappa shape index (κ1) is 19.5. The molecule has 3 N–H and O–H groups in total. The molecule has 3 rings (SSSR count). The Morgan fingerprint density at radius 2 is 1.62 bits per heavy atom. The minimum atomic E-state index is -0.404. The lowest BCUT2D eigenvalue weighted by molar-refractivity contribution is -0.114. The third-order valence-electron chi connectivity index (χ3n) is 3.80. The zero-order valence-corrected chi connectivity index (χ0v) is 15.9. The summed E-state index contributed by atoms with van der Waals surface area (Å²) in [6, 6.07) is 17.3. The molecule has 0 aliphatic heterocycles. The van der Waals surface area contributed by atoms with Gasteiger partial charge in [0.1, 0.15) is 17.3 Å². The summed E-state index contributed by atoms with van der Waals surface area (Å²) in [5.74, 6) is 0.289. The number of nitrogens with zero attached hydrogens (tertiary/aromatic N) is 3. The van der Waals surface area contributed by atoms with Crippen molar-refractivity contribution in [3.05, 3.63) is 71.7 Å². The van der Waals surface area contributed by atoms with E-state index in [0.717, 1.165) is 5.69 Å². The summed E-state index contributed by atoms with van der Waals surface area (Å²) in [6.07, 6.45) is 0. The maximum absolute atomic E-state index is 12.6. The van der Waals surface area contributed by atoms with Crippen LogP contribution in [-0.2, 0) is 4.79 Å². The average Bonchev–Trinajstić information content (AvgIpc) is 2.68. The zero-order valence-electron chi connectivity index (χ0n) is 15.9.